The zero-order valence-corrected chi connectivity index (χ0v) is 13.7. The van der Waals surface area contributed by atoms with Gasteiger partial charge in [0.2, 0.25) is 0 Å². The number of amides is 1. The van der Waals surface area contributed by atoms with E-state index >= 15 is 0 Å². The Morgan fingerprint density at radius 1 is 1.52 bits per heavy atom. The molecular weight excluding hydrogens is 339 g/mol. The molecular formula is C15H12ClFN4OS. The summed E-state index contributed by atoms with van der Waals surface area (Å²) >= 11 is 7.29. The van der Waals surface area contributed by atoms with Gasteiger partial charge in [-0.3, -0.25) is 4.79 Å². The Balaban J connectivity index is 1.69. The summed E-state index contributed by atoms with van der Waals surface area (Å²) in [7, 11) is 0. The van der Waals surface area contributed by atoms with Crippen molar-refractivity contribution in [1.82, 2.24) is 19.5 Å². The van der Waals surface area contributed by atoms with Gasteiger partial charge in [0.25, 0.3) is 5.91 Å². The molecule has 0 aliphatic carbocycles. The van der Waals surface area contributed by atoms with Gasteiger partial charge in [0.15, 0.2) is 11.3 Å². The molecule has 4 rings (SSSR count). The second kappa shape index (κ2) is 5.28. The second-order valence-electron chi connectivity index (χ2n) is 5.45. The number of fused-ring (bicyclic) bond motifs is 2. The van der Waals surface area contributed by atoms with Crippen molar-refractivity contribution in [1.29, 1.82) is 0 Å². The predicted molar refractivity (Wildman–Crippen MR) is 85.4 cm³/mol. The Hall–Kier alpha value is -1.99. The van der Waals surface area contributed by atoms with Crippen molar-refractivity contribution in [3.05, 3.63) is 50.8 Å². The number of carbonyl (C=O) groups is 1. The van der Waals surface area contributed by atoms with E-state index in [1.807, 2.05) is 6.92 Å². The average molecular weight is 351 g/mol. The van der Waals surface area contributed by atoms with Crippen LogP contribution in [0.15, 0.2) is 23.8 Å². The van der Waals surface area contributed by atoms with Crippen LogP contribution < -0.4 is 0 Å². The Kier molecular flexibility index (Phi) is 3.35. The number of thiophene rings is 1. The smallest absolute Gasteiger partial charge is 0.274 e. The SMILES string of the molecule is CC1c2c(F)csc2CCN1C(=O)c1cc2ncc(Cl)cn2n1. The highest BCUT2D eigenvalue weighted by Gasteiger charge is 2.32. The third-order valence-electron chi connectivity index (χ3n) is 4.09. The highest BCUT2D eigenvalue weighted by molar-refractivity contribution is 7.10. The topological polar surface area (TPSA) is 50.5 Å². The molecule has 0 saturated carbocycles. The minimum absolute atomic E-state index is 0.227. The van der Waals surface area contributed by atoms with Crippen LogP contribution in [0.1, 0.15) is 33.9 Å². The van der Waals surface area contributed by atoms with Gasteiger partial charge in [-0.1, -0.05) is 11.6 Å². The molecule has 1 amide bonds. The molecule has 0 radical (unpaired) electrons. The van der Waals surface area contributed by atoms with Gasteiger partial charge in [0.05, 0.1) is 17.3 Å². The van der Waals surface area contributed by atoms with Crippen molar-refractivity contribution in [3.63, 3.8) is 0 Å². The van der Waals surface area contributed by atoms with Crippen molar-refractivity contribution in [3.8, 4) is 0 Å². The van der Waals surface area contributed by atoms with Gasteiger partial charge in [-0.2, -0.15) is 5.10 Å². The normalized spacial score (nSPS) is 17.5. The molecule has 4 heterocycles. The van der Waals surface area contributed by atoms with E-state index in [0.717, 1.165) is 4.88 Å². The molecule has 5 nitrogen and oxygen atoms in total. The standard InChI is InChI=1S/C15H12ClFN4OS/c1-8-14-10(17)7-23-12(14)2-3-20(8)15(22)11-4-13-18-5-9(16)6-21(13)19-11/h4-8H,2-3H2,1H3. The number of halogens is 2. The van der Waals surface area contributed by atoms with Crippen LogP contribution in [0.4, 0.5) is 4.39 Å². The molecule has 3 aromatic heterocycles. The maximum absolute atomic E-state index is 14.0. The lowest BCUT2D eigenvalue weighted by molar-refractivity contribution is 0.0669. The van der Waals surface area contributed by atoms with E-state index < -0.39 is 0 Å². The van der Waals surface area contributed by atoms with Crippen molar-refractivity contribution in [2.75, 3.05) is 6.54 Å². The Morgan fingerprint density at radius 2 is 2.35 bits per heavy atom. The van der Waals surface area contributed by atoms with Gasteiger partial charge < -0.3 is 4.90 Å². The minimum Gasteiger partial charge on any atom is -0.330 e. The molecule has 0 spiro atoms. The maximum atomic E-state index is 14.0. The van der Waals surface area contributed by atoms with Gasteiger partial charge in [-0.05, 0) is 13.3 Å². The Morgan fingerprint density at radius 3 is 3.17 bits per heavy atom. The summed E-state index contributed by atoms with van der Waals surface area (Å²) in [5.74, 6) is -0.464. The first-order chi connectivity index (χ1) is 11.0. The van der Waals surface area contributed by atoms with Crippen molar-refractivity contribution < 1.29 is 9.18 Å². The molecule has 8 heteroatoms. The number of carbonyl (C=O) groups excluding carboxylic acids is 1. The molecule has 118 valence electrons. The average Bonchev–Trinajstić information content (AvgIpc) is 3.11. The third-order valence-corrected chi connectivity index (χ3v) is 5.32. The Bertz CT molecular complexity index is 921. The van der Waals surface area contributed by atoms with Crippen LogP contribution in [0.3, 0.4) is 0 Å². The summed E-state index contributed by atoms with van der Waals surface area (Å²) in [5.41, 5.74) is 1.45. The molecule has 1 aliphatic rings. The number of hydrogen-bond donors (Lipinski definition) is 0. The van der Waals surface area contributed by atoms with E-state index in [2.05, 4.69) is 10.1 Å². The fourth-order valence-corrected chi connectivity index (χ4v) is 4.08. The molecule has 3 aromatic rings. The van der Waals surface area contributed by atoms with Gasteiger partial charge >= 0.3 is 0 Å². The predicted octanol–water partition coefficient (Wildman–Crippen LogP) is 3.34. The monoisotopic (exact) mass is 350 g/mol. The lowest BCUT2D eigenvalue weighted by Crippen LogP contribution is -2.38. The summed E-state index contributed by atoms with van der Waals surface area (Å²) in [6.45, 7) is 2.39. The van der Waals surface area contributed by atoms with E-state index in [0.29, 0.717) is 29.2 Å². The molecule has 0 N–H and O–H groups in total. The summed E-state index contributed by atoms with van der Waals surface area (Å²) in [6, 6.07) is 1.31. The number of rotatable bonds is 1. The van der Waals surface area contributed by atoms with E-state index in [1.54, 1.807) is 17.2 Å². The summed E-state index contributed by atoms with van der Waals surface area (Å²) in [4.78, 5) is 19.6. The molecule has 1 aliphatic heterocycles. The van der Waals surface area contributed by atoms with Gasteiger partial charge in [-0.25, -0.2) is 13.9 Å². The van der Waals surface area contributed by atoms with Gasteiger partial charge in [0.1, 0.15) is 5.82 Å². The summed E-state index contributed by atoms with van der Waals surface area (Å²) < 4.78 is 15.4. The summed E-state index contributed by atoms with van der Waals surface area (Å²) in [5, 5.41) is 6.18. The van der Waals surface area contributed by atoms with E-state index in [1.165, 1.54) is 27.4 Å². The molecule has 0 aromatic carbocycles. The number of nitrogens with zero attached hydrogens (tertiary/aromatic N) is 4. The molecule has 0 fully saturated rings. The quantitative estimate of drug-likeness (QED) is 0.676. The minimum atomic E-state index is -0.307. The van der Waals surface area contributed by atoms with E-state index in [-0.39, 0.29) is 23.5 Å². The van der Waals surface area contributed by atoms with Crippen LogP contribution in [-0.2, 0) is 6.42 Å². The zero-order valence-electron chi connectivity index (χ0n) is 12.2. The second-order valence-corrected chi connectivity index (χ2v) is 6.85. The van der Waals surface area contributed by atoms with Crippen LogP contribution in [0.2, 0.25) is 5.02 Å². The lowest BCUT2D eigenvalue weighted by atomic mass is 10.0. The van der Waals surface area contributed by atoms with Crippen LogP contribution in [-0.4, -0.2) is 31.9 Å². The Labute approximate surface area is 140 Å². The molecule has 1 unspecified atom stereocenters. The maximum Gasteiger partial charge on any atom is 0.274 e. The zero-order chi connectivity index (χ0) is 16.1. The fourth-order valence-electron chi connectivity index (χ4n) is 2.96. The third kappa shape index (κ3) is 2.31. The molecule has 23 heavy (non-hydrogen) atoms. The number of aromatic nitrogens is 3. The highest BCUT2D eigenvalue weighted by Crippen LogP contribution is 2.36. The van der Waals surface area contributed by atoms with Gasteiger partial charge in [-0.15, -0.1) is 11.3 Å². The van der Waals surface area contributed by atoms with Crippen LogP contribution >= 0.6 is 22.9 Å². The van der Waals surface area contributed by atoms with Crippen LogP contribution in [0, 0.1) is 5.82 Å². The van der Waals surface area contributed by atoms with Crippen LogP contribution in [0.5, 0.6) is 0 Å². The lowest BCUT2D eigenvalue weighted by Gasteiger charge is -2.33. The first kappa shape index (κ1) is 14.6. The summed E-state index contributed by atoms with van der Waals surface area (Å²) in [6.07, 6.45) is 3.76. The molecule has 1 atom stereocenters. The van der Waals surface area contributed by atoms with Crippen molar-refractivity contribution >= 4 is 34.5 Å². The van der Waals surface area contributed by atoms with Crippen molar-refractivity contribution in [2.24, 2.45) is 0 Å². The first-order valence-corrected chi connectivity index (χ1v) is 8.38. The highest BCUT2D eigenvalue weighted by atomic mass is 35.5. The van der Waals surface area contributed by atoms with Gasteiger partial charge in [0, 0.05) is 34.6 Å². The largest absolute Gasteiger partial charge is 0.330 e. The molecule has 0 saturated heterocycles. The van der Waals surface area contributed by atoms with Crippen molar-refractivity contribution in [2.45, 2.75) is 19.4 Å². The first-order valence-electron chi connectivity index (χ1n) is 7.12. The van der Waals surface area contributed by atoms with E-state index in [4.69, 9.17) is 11.6 Å². The van der Waals surface area contributed by atoms with Crippen LogP contribution in [0.25, 0.3) is 5.65 Å². The fraction of sp³-hybridized carbons (Fsp3) is 0.267. The molecule has 0 bridgehead atoms. The number of hydrogen-bond acceptors (Lipinski definition) is 4. The van der Waals surface area contributed by atoms with E-state index in [9.17, 15) is 9.18 Å².